The van der Waals surface area contributed by atoms with E-state index in [0.717, 1.165) is 12.1 Å². The van der Waals surface area contributed by atoms with Crippen LogP contribution in [0.15, 0.2) is 29.2 Å². The van der Waals surface area contributed by atoms with Crippen LogP contribution >= 0.6 is 0 Å². The van der Waals surface area contributed by atoms with Crippen molar-refractivity contribution in [2.75, 3.05) is 0 Å². The first kappa shape index (κ1) is 22.6. The zero-order valence-corrected chi connectivity index (χ0v) is 16.2. The van der Waals surface area contributed by atoms with Gasteiger partial charge < -0.3 is 5.11 Å². The lowest BCUT2D eigenvalue weighted by Gasteiger charge is -2.41. The van der Waals surface area contributed by atoms with Gasteiger partial charge in [0.05, 0.1) is 11.6 Å². The molecule has 0 spiro atoms. The number of aliphatic hydroxyl groups is 1. The first-order valence-corrected chi connectivity index (χ1v) is 10.5. The standard InChI is InChI=1S/C19H17F6NO3S/c20-11-6-4-10(5-7-11)18(27)19(8-2-1-3-9-19)26-30(28,29)17-15(24)13(22)12(21)14(23)16(17)25/h4-7,18,26-27H,1-3,8-9H2. The summed E-state index contributed by atoms with van der Waals surface area (Å²) < 4.78 is 109. The number of aliphatic hydroxyl groups excluding tert-OH is 1. The second-order valence-electron chi connectivity index (χ2n) is 7.18. The van der Waals surface area contributed by atoms with Crippen LogP contribution in [-0.4, -0.2) is 19.1 Å². The lowest BCUT2D eigenvalue weighted by molar-refractivity contribution is 0.0472. The van der Waals surface area contributed by atoms with Gasteiger partial charge in [-0.05, 0) is 30.5 Å². The van der Waals surface area contributed by atoms with E-state index < -0.39 is 61.5 Å². The number of nitrogens with one attached hydrogen (secondary N) is 1. The van der Waals surface area contributed by atoms with Gasteiger partial charge in [0, 0.05) is 0 Å². The molecule has 0 bridgehead atoms. The maximum Gasteiger partial charge on any atom is 0.247 e. The Morgan fingerprint density at radius 1 is 0.800 bits per heavy atom. The molecule has 0 aromatic heterocycles. The molecular formula is C19H17F6NO3S. The Morgan fingerprint density at radius 2 is 1.27 bits per heavy atom. The Kier molecular flexibility index (Phi) is 6.17. The van der Waals surface area contributed by atoms with Crippen LogP contribution in [0.5, 0.6) is 0 Å². The summed E-state index contributed by atoms with van der Waals surface area (Å²) in [6.45, 7) is 0. The first-order chi connectivity index (χ1) is 14.0. The number of hydrogen-bond acceptors (Lipinski definition) is 3. The minimum atomic E-state index is -5.28. The Labute approximate surface area is 168 Å². The molecule has 0 radical (unpaired) electrons. The molecule has 1 aliphatic rings. The van der Waals surface area contributed by atoms with Gasteiger partial charge in [0.25, 0.3) is 0 Å². The molecule has 1 atom stereocenters. The first-order valence-electron chi connectivity index (χ1n) is 8.99. The molecule has 0 aliphatic heterocycles. The van der Waals surface area contributed by atoms with E-state index in [-0.39, 0.29) is 18.4 Å². The minimum Gasteiger partial charge on any atom is -0.386 e. The van der Waals surface area contributed by atoms with Crippen molar-refractivity contribution in [3.63, 3.8) is 0 Å². The molecule has 4 nitrogen and oxygen atoms in total. The fourth-order valence-electron chi connectivity index (χ4n) is 3.72. The summed E-state index contributed by atoms with van der Waals surface area (Å²) >= 11 is 0. The van der Waals surface area contributed by atoms with Gasteiger partial charge in [-0.3, -0.25) is 0 Å². The van der Waals surface area contributed by atoms with E-state index in [1.807, 2.05) is 4.72 Å². The smallest absolute Gasteiger partial charge is 0.247 e. The lowest BCUT2D eigenvalue weighted by atomic mass is 9.76. The number of rotatable bonds is 5. The molecule has 1 saturated carbocycles. The summed E-state index contributed by atoms with van der Waals surface area (Å²) in [6, 6.07) is 4.49. The highest BCUT2D eigenvalue weighted by molar-refractivity contribution is 7.89. The summed E-state index contributed by atoms with van der Waals surface area (Å²) in [5.74, 6) is -12.9. The van der Waals surface area contributed by atoms with Crippen LogP contribution in [0.3, 0.4) is 0 Å². The molecule has 0 amide bonds. The quantitative estimate of drug-likeness (QED) is 0.405. The molecule has 1 fully saturated rings. The maximum atomic E-state index is 14.1. The van der Waals surface area contributed by atoms with Crippen LogP contribution in [0.4, 0.5) is 26.3 Å². The number of hydrogen-bond donors (Lipinski definition) is 2. The fraction of sp³-hybridized carbons (Fsp3) is 0.368. The van der Waals surface area contributed by atoms with Gasteiger partial charge in [0.2, 0.25) is 15.8 Å². The van der Waals surface area contributed by atoms with E-state index >= 15 is 0 Å². The van der Waals surface area contributed by atoms with Gasteiger partial charge in [-0.15, -0.1) is 0 Å². The van der Waals surface area contributed by atoms with Crippen LogP contribution in [0, 0.1) is 34.9 Å². The normalized spacial score (nSPS) is 17.7. The van der Waals surface area contributed by atoms with E-state index in [0.29, 0.717) is 19.3 Å². The van der Waals surface area contributed by atoms with Crippen molar-refractivity contribution in [2.45, 2.75) is 48.6 Å². The van der Waals surface area contributed by atoms with E-state index in [2.05, 4.69) is 0 Å². The van der Waals surface area contributed by atoms with Gasteiger partial charge in [-0.2, -0.15) is 0 Å². The Bertz CT molecular complexity index is 1020. The van der Waals surface area contributed by atoms with Crippen LogP contribution in [0.25, 0.3) is 0 Å². The highest BCUT2D eigenvalue weighted by atomic mass is 32.2. The van der Waals surface area contributed by atoms with E-state index in [1.54, 1.807) is 0 Å². The Balaban J connectivity index is 2.09. The Morgan fingerprint density at radius 3 is 1.77 bits per heavy atom. The summed E-state index contributed by atoms with van der Waals surface area (Å²) in [7, 11) is -5.28. The predicted molar refractivity (Wildman–Crippen MR) is 93.7 cm³/mol. The molecule has 0 heterocycles. The van der Waals surface area contributed by atoms with Crippen molar-refractivity contribution >= 4 is 10.0 Å². The molecule has 0 saturated heterocycles. The summed E-state index contributed by atoms with van der Waals surface area (Å²) in [6.07, 6.45) is 0.0348. The second kappa shape index (κ2) is 8.20. The van der Waals surface area contributed by atoms with Crippen LogP contribution in [-0.2, 0) is 10.0 Å². The summed E-state index contributed by atoms with van der Waals surface area (Å²) in [5.41, 5.74) is -1.56. The SMILES string of the molecule is O=S(=O)(NC1(C(O)c2ccc(F)cc2)CCCCC1)c1c(F)c(F)c(F)c(F)c1F. The molecule has 3 rings (SSSR count). The number of sulfonamides is 1. The van der Waals surface area contributed by atoms with E-state index in [1.165, 1.54) is 12.1 Å². The van der Waals surface area contributed by atoms with Crippen LogP contribution < -0.4 is 4.72 Å². The van der Waals surface area contributed by atoms with Crippen molar-refractivity contribution in [3.05, 3.63) is 64.7 Å². The number of halogens is 6. The van der Waals surface area contributed by atoms with Crippen molar-refractivity contribution in [2.24, 2.45) is 0 Å². The molecule has 164 valence electrons. The van der Waals surface area contributed by atoms with Gasteiger partial charge >= 0.3 is 0 Å². The van der Waals surface area contributed by atoms with Crippen molar-refractivity contribution in [1.29, 1.82) is 0 Å². The third-order valence-corrected chi connectivity index (χ3v) is 6.80. The minimum absolute atomic E-state index is 0.0279. The van der Waals surface area contributed by atoms with Crippen molar-refractivity contribution in [3.8, 4) is 0 Å². The monoisotopic (exact) mass is 453 g/mol. The summed E-state index contributed by atoms with van der Waals surface area (Å²) in [4.78, 5) is -2.02. The third-order valence-electron chi connectivity index (χ3n) is 5.23. The van der Waals surface area contributed by atoms with Crippen molar-refractivity contribution < 1.29 is 39.9 Å². The molecule has 2 N–H and O–H groups in total. The largest absolute Gasteiger partial charge is 0.386 e. The molecule has 2 aromatic carbocycles. The molecule has 30 heavy (non-hydrogen) atoms. The van der Waals surface area contributed by atoms with E-state index in [4.69, 9.17) is 0 Å². The highest BCUT2D eigenvalue weighted by Gasteiger charge is 2.45. The molecule has 1 aliphatic carbocycles. The van der Waals surface area contributed by atoms with Crippen LogP contribution in [0.2, 0.25) is 0 Å². The summed E-state index contributed by atoms with van der Waals surface area (Å²) in [5, 5.41) is 10.8. The topological polar surface area (TPSA) is 66.4 Å². The molecule has 11 heteroatoms. The fourth-order valence-corrected chi connectivity index (χ4v) is 5.32. The van der Waals surface area contributed by atoms with Gasteiger partial charge in [0.1, 0.15) is 5.82 Å². The number of benzene rings is 2. The highest BCUT2D eigenvalue weighted by Crippen LogP contribution is 2.40. The van der Waals surface area contributed by atoms with Gasteiger partial charge in [-0.1, -0.05) is 31.4 Å². The second-order valence-corrected chi connectivity index (χ2v) is 8.79. The molecular weight excluding hydrogens is 436 g/mol. The third kappa shape index (κ3) is 3.93. The molecule has 1 unspecified atom stereocenters. The van der Waals surface area contributed by atoms with Gasteiger partial charge in [-0.25, -0.2) is 39.5 Å². The molecule has 2 aromatic rings. The Hall–Kier alpha value is -2.11. The van der Waals surface area contributed by atoms with Crippen molar-refractivity contribution in [1.82, 2.24) is 4.72 Å². The average Bonchev–Trinajstić information content (AvgIpc) is 2.71. The van der Waals surface area contributed by atoms with Crippen LogP contribution in [0.1, 0.15) is 43.8 Å². The zero-order valence-electron chi connectivity index (χ0n) is 15.4. The predicted octanol–water partition coefficient (Wildman–Crippen LogP) is 4.24. The van der Waals surface area contributed by atoms with E-state index in [9.17, 15) is 39.9 Å². The zero-order chi connectivity index (χ0) is 22.3. The lowest BCUT2D eigenvalue weighted by Crippen LogP contribution is -2.54. The van der Waals surface area contributed by atoms with Gasteiger partial charge in [0.15, 0.2) is 28.2 Å². The average molecular weight is 453 g/mol. The maximum absolute atomic E-state index is 14.1.